The molecular formula is C48H58N8O6. The normalized spacial score (nSPS) is 20.4. The predicted octanol–water partition coefficient (Wildman–Crippen LogP) is 8.40. The van der Waals surface area contributed by atoms with Crippen molar-refractivity contribution in [3.8, 4) is 33.6 Å². The van der Waals surface area contributed by atoms with Crippen LogP contribution in [0.15, 0.2) is 73.1 Å². The van der Waals surface area contributed by atoms with Crippen molar-refractivity contribution in [2.24, 2.45) is 22.7 Å². The number of amides is 4. The van der Waals surface area contributed by atoms with Gasteiger partial charge in [-0.15, -0.1) is 0 Å². The molecule has 3 aromatic carbocycles. The minimum atomic E-state index is -0.752. The number of likely N-dealkylation sites (tertiary alicyclic amines) is 2. The lowest BCUT2D eigenvalue weighted by Gasteiger charge is -2.35. The summed E-state index contributed by atoms with van der Waals surface area (Å²) >= 11 is 0. The fourth-order valence-electron chi connectivity index (χ4n) is 9.23. The average molecular weight is 843 g/mol. The maximum Gasteiger partial charge on any atom is 0.407 e. The molecule has 0 unspecified atom stereocenters. The van der Waals surface area contributed by atoms with Crippen LogP contribution < -0.4 is 10.6 Å². The standard InChI is InChI=1S/C48H58N8O6/c1-27(2)39(53-45(59)61-7)43(57)56-26-48(17-18-48)22-38(56)42-50-24-36(52-42)34-16-15-32-20-31(13-14-33(32)21-34)29-9-11-30(12-10-29)35-23-49-41(51-35)37-19-28(3)25-55(37)44(58)40(47(4,5)6)54-46(60)62-8/h9-16,20-21,23-24,27-28,37-40H,17-19,22,25-26H2,1-8H3,(H,49,51)(H,50,52)(H,53,59)(H,54,60)/t28-,37-,38-,39-,40+/m0/s1. The zero-order chi connectivity index (χ0) is 44.1. The van der Waals surface area contributed by atoms with Crippen LogP contribution in [0, 0.1) is 22.7 Å². The van der Waals surface area contributed by atoms with Gasteiger partial charge < -0.3 is 39.9 Å². The van der Waals surface area contributed by atoms with Crippen LogP contribution in [0.25, 0.3) is 44.4 Å². The first-order valence-corrected chi connectivity index (χ1v) is 21.6. The summed E-state index contributed by atoms with van der Waals surface area (Å²) < 4.78 is 9.66. The number of ether oxygens (including phenoxy) is 2. The number of H-pyrrole nitrogens is 2. The van der Waals surface area contributed by atoms with Gasteiger partial charge in [-0.05, 0) is 87.9 Å². The Balaban J connectivity index is 0.960. The van der Waals surface area contributed by atoms with Crippen LogP contribution in [0.1, 0.15) is 91.0 Å². The number of aromatic amines is 2. The topological polar surface area (TPSA) is 175 Å². The Morgan fingerprint density at radius 1 is 0.742 bits per heavy atom. The summed E-state index contributed by atoms with van der Waals surface area (Å²) in [6.07, 6.45) is 6.20. The van der Waals surface area contributed by atoms with Crippen LogP contribution in [0.3, 0.4) is 0 Å². The molecule has 2 aliphatic heterocycles. The van der Waals surface area contributed by atoms with Crippen molar-refractivity contribution >= 4 is 34.8 Å². The molecule has 4 N–H and O–H groups in total. The number of nitrogens with zero attached hydrogens (tertiary/aromatic N) is 4. The van der Waals surface area contributed by atoms with Gasteiger partial charge in [0.05, 0.1) is 50.1 Å². The molecule has 4 heterocycles. The number of hydrogen-bond acceptors (Lipinski definition) is 8. The van der Waals surface area contributed by atoms with Crippen molar-refractivity contribution in [3.05, 3.63) is 84.7 Å². The summed E-state index contributed by atoms with van der Waals surface area (Å²) in [5.41, 5.74) is 5.50. The van der Waals surface area contributed by atoms with Gasteiger partial charge >= 0.3 is 12.2 Å². The largest absolute Gasteiger partial charge is 0.453 e. The molecule has 3 fully saturated rings. The fourth-order valence-corrected chi connectivity index (χ4v) is 9.23. The smallest absolute Gasteiger partial charge is 0.407 e. The molecule has 1 spiro atoms. The molecule has 4 amide bonds. The lowest BCUT2D eigenvalue weighted by molar-refractivity contribution is -0.137. The van der Waals surface area contributed by atoms with Gasteiger partial charge in [0.2, 0.25) is 11.8 Å². The molecule has 8 rings (SSSR count). The van der Waals surface area contributed by atoms with Gasteiger partial charge in [0, 0.05) is 18.7 Å². The maximum absolute atomic E-state index is 13.9. The van der Waals surface area contributed by atoms with Gasteiger partial charge in [-0.2, -0.15) is 0 Å². The number of carbonyl (C=O) groups excluding carboxylic acids is 4. The number of carbonyl (C=O) groups is 4. The van der Waals surface area contributed by atoms with Gasteiger partial charge in [-0.3, -0.25) is 9.59 Å². The van der Waals surface area contributed by atoms with Crippen LogP contribution >= 0.6 is 0 Å². The van der Waals surface area contributed by atoms with Crippen LogP contribution in [0.2, 0.25) is 0 Å². The molecule has 2 aromatic heterocycles. The van der Waals surface area contributed by atoms with E-state index in [2.05, 4.69) is 88.2 Å². The number of benzene rings is 3. The number of imidazole rings is 2. The zero-order valence-corrected chi connectivity index (χ0v) is 36.9. The van der Waals surface area contributed by atoms with Crippen molar-refractivity contribution in [1.82, 2.24) is 40.4 Å². The Bertz CT molecular complexity index is 2480. The SMILES string of the molecule is COC(=O)N[C@H](C(=O)N1CC2(CC2)C[C@H]1c1ncc(-c2ccc3cc(-c4ccc(-c5cnc([C@@H]6C[C@H](C)CN6C(=O)[C@@H](NC(=O)OC)C(C)(C)C)[nH]5)cc4)ccc3c2)[nH]1)C(C)C. The van der Waals surface area contributed by atoms with E-state index in [1.54, 1.807) is 0 Å². The van der Waals surface area contributed by atoms with Crippen molar-refractivity contribution in [1.29, 1.82) is 0 Å². The van der Waals surface area contributed by atoms with Gasteiger partial charge in [-0.25, -0.2) is 19.6 Å². The van der Waals surface area contributed by atoms with Crippen LogP contribution in [-0.4, -0.2) is 93.1 Å². The van der Waals surface area contributed by atoms with E-state index in [9.17, 15) is 19.2 Å². The average Bonchev–Trinajstić information content (AvgIpc) is 3.73. The molecule has 5 atom stereocenters. The number of alkyl carbamates (subject to hydrolysis) is 2. The van der Waals surface area contributed by atoms with E-state index in [0.29, 0.717) is 13.1 Å². The summed E-state index contributed by atoms with van der Waals surface area (Å²) in [4.78, 5) is 72.5. The Kier molecular flexibility index (Phi) is 11.4. The highest BCUT2D eigenvalue weighted by Crippen LogP contribution is 2.58. The first-order chi connectivity index (χ1) is 29.6. The molecule has 62 heavy (non-hydrogen) atoms. The van der Waals surface area contributed by atoms with Gasteiger partial charge in [0.1, 0.15) is 23.7 Å². The first-order valence-electron chi connectivity index (χ1n) is 21.6. The third kappa shape index (κ3) is 8.51. The van der Waals surface area contributed by atoms with E-state index in [1.165, 1.54) is 14.2 Å². The van der Waals surface area contributed by atoms with Gasteiger partial charge in [0.25, 0.3) is 0 Å². The molecule has 1 aliphatic carbocycles. The van der Waals surface area contributed by atoms with Crippen molar-refractivity contribution < 1.29 is 28.7 Å². The number of hydrogen-bond donors (Lipinski definition) is 4. The summed E-state index contributed by atoms with van der Waals surface area (Å²) in [5, 5.41) is 7.71. The second-order valence-electron chi connectivity index (χ2n) is 19.0. The van der Waals surface area contributed by atoms with E-state index >= 15 is 0 Å². The molecule has 3 aliphatic rings. The van der Waals surface area contributed by atoms with E-state index in [1.807, 2.05) is 56.8 Å². The van der Waals surface area contributed by atoms with E-state index in [-0.39, 0.29) is 41.1 Å². The van der Waals surface area contributed by atoms with Crippen LogP contribution in [-0.2, 0) is 19.1 Å². The van der Waals surface area contributed by atoms with Crippen molar-refractivity contribution in [3.63, 3.8) is 0 Å². The third-order valence-corrected chi connectivity index (χ3v) is 13.0. The van der Waals surface area contributed by atoms with Gasteiger partial charge in [-0.1, -0.05) is 90.1 Å². The molecule has 2 saturated heterocycles. The number of rotatable bonds is 10. The summed E-state index contributed by atoms with van der Waals surface area (Å²) in [7, 11) is 2.60. The summed E-state index contributed by atoms with van der Waals surface area (Å²) in [5.74, 6) is 1.38. The van der Waals surface area contributed by atoms with E-state index in [4.69, 9.17) is 19.4 Å². The van der Waals surface area contributed by atoms with Crippen molar-refractivity contribution in [2.75, 3.05) is 27.3 Å². The Morgan fingerprint density at radius 2 is 1.29 bits per heavy atom. The number of methoxy groups -OCH3 is 2. The Morgan fingerprint density at radius 3 is 1.89 bits per heavy atom. The number of nitrogens with one attached hydrogen (secondary N) is 4. The molecule has 1 saturated carbocycles. The minimum Gasteiger partial charge on any atom is -0.453 e. The monoisotopic (exact) mass is 842 g/mol. The molecule has 5 aromatic rings. The highest BCUT2D eigenvalue weighted by molar-refractivity contribution is 5.91. The van der Waals surface area contributed by atoms with E-state index in [0.717, 1.165) is 81.7 Å². The quantitative estimate of drug-likeness (QED) is 0.108. The second kappa shape index (κ2) is 16.6. The second-order valence-corrected chi connectivity index (χ2v) is 19.0. The minimum absolute atomic E-state index is 0.106. The van der Waals surface area contributed by atoms with Crippen LogP contribution in [0.4, 0.5) is 9.59 Å². The first kappa shape index (κ1) is 42.5. The number of fused-ring (bicyclic) bond motifs is 1. The highest BCUT2D eigenvalue weighted by atomic mass is 16.5. The molecule has 326 valence electrons. The summed E-state index contributed by atoms with van der Waals surface area (Å²) in [6.45, 7) is 13.0. The zero-order valence-electron chi connectivity index (χ0n) is 36.9. The molecule has 0 bridgehead atoms. The fraction of sp³-hybridized carbons (Fsp3) is 0.458. The third-order valence-electron chi connectivity index (χ3n) is 13.0. The molecule has 14 nitrogen and oxygen atoms in total. The lowest BCUT2D eigenvalue weighted by atomic mass is 9.85. The number of aromatic nitrogens is 4. The predicted molar refractivity (Wildman–Crippen MR) is 236 cm³/mol. The Hall–Kier alpha value is -6.18. The molecular weight excluding hydrogens is 785 g/mol. The summed E-state index contributed by atoms with van der Waals surface area (Å²) in [6, 6.07) is 19.3. The molecule has 14 heteroatoms. The maximum atomic E-state index is 13.9. The van der Waals surface area contributed by atoms with Crippen molar-refractivity contribution in [2.45, 2.75) is 91.4 Å². The Labute approximate surface area is 362 Å². The molecule has 0 radical (unpaired) electrons. The van der Waals surface area contributed by atoms with Gasteiger partial charge in [0.15, 0.2) is 0 Å². The highest BCUT2D eigenvalue weighted by Gasteiger charge is 2.55. The van der Waals surface area contributed by atoms with Crippen LogP contribution in [0.5, 0.6) is 0 Å². The lowest BCUT2D eigenvalue weighted by Crippen LogP contribution is -2.54. The van der Waals surface area contributed by atoms with E-state index < -0.39 is 29.7 Å².